The number of hydrogen-bond acceptors (Lipinski definition) is 6. The van der Waals surface area contributed by atoms with Crippen LogP contribution in [0.3, 0.4) is 0 Å². The lowest BCUT2D eigenvalue weighted by atomic mass is 9.96. The summed E-state index contributed by atoms with van der Waals surface area (Å²) in [6.45, 7) is 5.70. The third-order valence-corrected chi connectivity index (χ3v) is 7.02. The number of rotatable bonds is 8. The summed E-state index contributed by atoms with van der Waals surface area (Å²) in [4.78, 5) is 32.3. The molecule has 176 valence electrons. The molecule has 0 fully saturated rings. The second-order valence-corrected chi connectivity index (χ2v) is 9.35. The average Bonchev–Trinajstić information content (AvgIpc) is 3.45. The summed E-state index contributed by atoms with van der Waals surface area (Å²) >= 11 is 1.39. The first-order valence-electron chi connectivity index (χ1n) is 11.3. The van der Waals surface area contributed by atoms with E-state index in [2.05, 4.69) is 16.4 Å². The Labute approximate surface area is 202 Å². The molecule has 2 aromatic heterocycles. The van der Waals surface area contributed by atoms with E-state index >= 15 is 0 Å². The number of nitriles is 1. The number of carbonyl (C=O) groups is 2. The molecule has 2 amide bonds. The van der Waals surface area contributed by atoms with E-state index in [0.717, 1.165) is 21.8 Å². The van der Waals surface area contributed by atoms with Crippen LogP contribution in [0.4, 0.5) is 5.00 Å². The number of thiophene rings is 1. The minimum Gasteiger partial charge on any atom is -0.494 e. The maximum atomic E-state index is 12.9. The van der Waals surface area contributed by atoms with Gasteiger partial charge >= 0.3 is 0 Å². The van der Waals surface area contributed by atoms with Crippen molar-refractivity contribution in [2.75, 3.05) is 18.5 Å². The number of nitrogens with one attached hydrogen (secondary N) is 1. The molecule has 34 heavy (non-hydrogen) atoms. The van der Waals surface area contributed by atoms with Crippen molar-refractivity contribution in [3.8, 4) is 11.8 Å². The molecule has 1 atom stereocenters. The van der Waals surface area contributed by atoms with Gasteiger partial charge in [0.1, 0.15) is 23.4 Å². The molecule has 0 saturated carbocycles. The van der Waals surface area contributed by atoms with Gasteiger partial charge in [-0.2, -0.15) is 5.26 Å². The molecular formula is C25H27N5O3S. The van der Waals surface area contributed by atoms with Crippen LogP contribution in [-0.4, -0.2) is 39.4 Å². The van der Waals surface area contributed by atoms with E-state index in [9.17, 15) is 14.9 Å². The predicted molar refractivity (Wildman–Crippen MR) is 130 cm³/mol. The van der Waals surface area contributed by atoms with E-state index in [-0.39, 0.29) is 30.7 Å². The molecule has 0 radical (unpaired) electrons. The second kappa shape index (κ2) is 10.5. The number of carbonyl (C=O) groups excluding carboxylic acids is 2. The second-order valence-electron chi connectivity index (χ2n) is 8.24. The summed E-state index contributed by atoms with van der Waals surface area (Å²) in [7, 11) is 0. The normalized spacial score (nSPS) is 13.6. The fourth-order valence-corrected chi connectivity index (χ4v) is 5.43. The van der Waals surface area contributed by atoms with E-state index in [1.54, 1.807) is 28.2 Å². The van der Waals surface area contributed by atoms with Gasteiger partial charge in [0.15, 0.2) is 0 Å². The van der Waals surface area contributed by atoms with Crippen molar-refractivity contribution in [2.24, 2.45) is 0 Å². The Hall–Kier alpha value is -3.64. The number of amides is 2. The standard InChI is InChI=1S/C25H27N5O3S/c1-3-33-21-7-5-4-6-18(21)17(2)12-23(31)28-25-20(13-26)19-8-10-30(14-22(19)34-25)24(32)15-29-11-9-27-16-29/h4-7,9,11,16-17H,3,8,10,12,14-15H2,1-2H3,(H,28,31)/t17-/m0/s1. The highest BCUT2D eigenvalue weighted by Gasteiger charge is 2.28. The van der Waals surface area contributed by atoms with Gasteiger partial charge in [0.2, 0.25) is 11.8 Å². The third kappa shape index (κ3) is 5.13. The van der Waals surface area contributed by atoms with Crippen LogP contribution in [0, 0.1) is 11.3 Å². The van der Waals surface area contributed by atoms with Crippen molar-refractivity contribution in [2.45, 2.75) is 45.7 Å². The molecule has 8 nitrogen and oxygen atoms in total. The summed E-state index contributed by atoms with van der Waals surface area (Å²) in [5, 5.41) is 13.3. The molecule has 0 saturated heterocycles. The molecule has 1 aliphatic heterocycles. The maximum absolute atomic E-state index is 12.9. The molecule has 1 aliphatic rings. The van der Waals surface area contributed by atoms with E-state index in [4.69, 9.17) is 4.74 Å². The number of ether oxygens (including phenoxy) is 1. The van der Waals surface area contributed by atoms with E-state index in [0.29, 0.717) is 36.7 Å². The first kappa shape index (κ1) is 23.5. The Balaban J connectivity index is 1.43. The molecule has 0 aliphatic carbocycles. The molecule has 0 bridgehead atoms. The van der Waals surface area contributed by atoms with Crippen molar-refractivity contribution >= 4 is 28.2 Å². The van der Waals surface area contributed by atoms with Crippen LogP contribution in [-0.2, 0) is 29.1 Å². The van der Waals surface area contributed by atoms with Crippen LogP contribution in [0.1, 0.15) is 47.8 Å². The summed E-state index contributed by atoms with van der Waals surface area (Å²) in [5.41, 5.74) is 2.43. The number of imidazole rings is 1. The van der Waals surface area contributed by atoms with Gasteiger partial charge in [0.25, 0.3) is 0 Å². The SMILES string of the molecule is CCOc1ccccc1[C@@H](C)CC(=O)Nc1sc2c(c1C#N)CCN(C(=O)Cn1ccnc1)C2. The molecular weight excluding hydrogens is 450 g/mol. The van der Waals surface area contributed by atoms with Crippen LogP contribution in [0.15, 0.2) is 43.0 Å². The van der Waals surface area contributed by atoms with E-state index < -0.39 is 0 Å². The molecule has 3 aromatic rings. The van der Waals surface area contributed by atoms with Crippen molar-refractivity contribution in [3.05, 3.63) is 64.6 Å². The number of anilines is 1. The smallest absolute Gasteiger partial charge is 0.242 e. The minimum absolute atomic E-state index is 0.00271. The lowest BCUT2D eigenvalue weighted by Crippen LogP contribution is -2.37. The minimum atomic E-state index is -0.151. The summed E-state index contributed by atoms with van der Waals surface area (Å²) in [6.07, 6.45) is 5.89. The fourth-order valence-electron chi connectivity index (χ4n) is 4.20. The topological polar surface area (TPSA) is 100 Å². The van der Waals surface area contributed by atoms with Crippen molar-refractivity contribution in [1.29, 1.82) is 5.26 Å². The zero-order valence-corrected chi connectivity index (χ0v) is 20.1. The lowest BCUT2D eigenvalue weighted by Gasteiger charge is -2.27. The van der Waals surface area contributed by atoms with E-state index in [1.165, 1.54) is 11.3 Å². The van der Waals surface area contributed by atoms with Gasteiger partial charge in [-0.05, 0) is 36.5 Å². The molecule has 1 N–H and O–H groups in total. The molecule has 3 heterocycles. The van der Waals surface area contributed by atoms with Crippen LogP contribution in [0.2, 0.25) is 0 Å². The van der Waals surface area contributed by atoms with Crippen LogP contribution < -0.4 is 10.1 Å². The Morgan fingerprint density at radius 1 is 1.35 bits per heavy atom. The summed E-state index contributed by atoms with van der Waals surface area (Å²) < 4.78 is 7.44. The van der Waals surface area contributed by atoms with Gasteiger partial charge in [-0.15, -0.1) is 11.3 Å². The molecule has 1 aromatic carbocycles. The Morgan fingerprint density at radius 2 is 2.18 bits per heavy atom. The first-order chi connectivity index (χ1) is 16.5. The number of hydrogen-bond donors (Lipinski definition) is 1. The molecule has 4 rings (SSSR count). The Morgan fingerprint density at radius 3 is 2.91 bits per heavy atom. The number of benzene rings is 1. The monoisotopic (exact) mass is 477 g/mol. The largest absolute Gasteiger partial charge is 0.494 e. The van der Waals surface area contributed by atoms with Crippen molar-refractivity contribution in [3.63, 3.8) is 0 Å². The van der Waals surface area contributed by atoms with Gasteiger partial charge in [0.05, 0.1) is 25.0 Å². The van der Waals surface area contributed by atoms with Gasteiger partial charge in [0, 0.05) is 30.2 Å². The molecule has 0 spiro atoms. The summed E-state index contributed by atoms with van der Waals surface area (Å²) in [6, 6.07) is 10.0. The van der Waals surface area contributed by atoms with Crippen molar-refractivity contribution < 1.29 is 14.3 Å². The summed E-state index contributed by atoms with van der Waals surface area (Å²) in [5.74, 6) is 0.596. The van der Waals surface area contributed by atoms with Gasteiger partial charge in [-0.25, -0.2) is 4.98 Å². The Kier molecular flexibility index (Phi) is 7.28. The average molecular weight is 478 g/mol. The van der Waals surface area contributed by atoms with Crippen LogP contribution >= 0.6 is 11.3 Å². The van der Waals surface area contributed by atoms with Gasteiger partial charge in [-0.1, -0.05) is 25.1 Å². The maximum Gasteiger partial charge on any atom is 0.242 e. The highest BCUT2D eigenvalue weighted by atomic mass is 32.1. The molecule has 0 unspecified atom stereocenters. The number of aromatic nitrogens is 2. The highest BCUT2D eigenvalue weighted by Crippen LogP contribution is 2.37. The number of nitrogens with zero attached hydrogens (tertiary/aromatic N) is 4. The number of para-hydroxylation sites is 1. The number of fused-ring (bicyclic) bond motifs is 1. The lowest BCUT2D eigenvalue weighted by molar-refractivity contribution is -0.132. The van der Waals surface area contributed by atoms with Crippen LogP contribution in [0.25, 0.3) is 0 Å². The molecule has 9 heteroatoms. The Bertz CT molecular complexity index is 1210. The zero-order chi connectivity index (χ0) is 24.1. The van der Waals surface area contributed by atoms with E-state index in [1.807, 2.05) is 38.1 Å². The first-order valence-corrected chi connectivity index (χ1v) is 12.1. The quantitative estimate of drug-likeness (QED) is 0.530. The predicted octanol–water partition coefficient (Wildman–Crippen LogP) is 3.93. The van der Waals surface area contributed by atoms with Crippen molar-refractivity contribution in [1.82, 2.24) is 14.5 Å². The van der Waals surface area contributed by atoms with Gasteiger partial charge < -0.3 is 19.5 Å². The van der Waals surface area contributed by atoms with Gasteiger partial charge in [-0.3, -0.25) is 9.59 Å². The third-order valence-electron chi connectivity index (χ3n) is 5.89. The fraction of sp³-hybridized carbons (Fsp3) is 0.360. The zero-order valence-electron chi connectivity index (χ0n) is 19.3. The highest BCUT2D eigenvalue weighted by molar-refractivity contribution is 7.16. The van der Waals surface area contributed by atoms with Crippen LogP contribution in [0.5, 0.6) is 5.75 Å².